The van der Waals surface area contributed by atoms with Crippen molar-refractivity contribution in [3.8, 4) is 11.3 Å². The molecule has 0 radical (unpaired) electrons. The first kappa shape index (κ1) is 19.3. The highest BCUT2D eigenvalue weighted by Crippen LogP contribution is 2.24. The van der Waals surface area contributed by atoms with Gasteiger partial charge in [-0.2, -0.15) is 0 Å². The van der Waals surface area contributed by atoms with Gasteiger partial charge in [0.25, 0.3) is 5.91 Å². The Balaban J connectivity index is 1.64. The maximum absolute atomic E-state index is 12.3. The van der Waals surface area contributed by atoms with E-state index >= 15 is 0 Å². The largest absolute Gasteiger partial charge is 0.478 e. The van der Waals surface area contributed by atoms with E-state index in [1.54, 1.807) is 24.3 Å². The van der Waals surface area contributed by atoms with Gasteiger partial charge in [-0.1, -0.05) is 12.1 Å². The van der Waals surface area contributed by atoms with Crippen LogP contribution in [0.1, 0.15) is 32.0 Å². The molecule has 3 N–H and O–H groups in total. The molecule has 1 amide bonds. The Morgan fingerprint density at radius 1 is 0.964 bits per heavy atom. The SMILES string of the molecule is Cc1ccc(-c2ccc(C(=O)NC(=S)Nc3ccc(C(=O)O)cc3)o2)cc1C. The number of rotatable bonds is 4. The molecule has 0 saturated carbocycles. The van der Waals surface area contributed by atoms with Gasteiger partial charge in [0, 0.05) is 11.3 Å². The number of aryl methyl sites for hydroxylation is 2. The Labute approximate surface area is 167 Å². The van der Waals surface area contributed by atoms with Crippen LogP contribution in [0.2, 0.25) is 0 Å². The molecule has 142 valence electrons. The maximum Gasteiger partial charge on any atom is 0.335 e. The van der Waals surface area contributed by atoms with Crippen LogP contribution in [0.4, 0.5) is 5.69 Å². The number of aromatic carboxylic acids is 1. The van der Waals surface area contributed by atoms with E-state index in [9.17, 15) is 9.59 Å². The number of carbonyl (C=O) groups is 2. The van der Waals surface area contributed by atoms with Crippen molar-refractivity contribution in [1.82, 2.24) is 5.32 Å². The van der Waals surface area contributed by atoms with Crippen LogP contribution in [-0.2, 0) is 0 Å². The third-order valence-electron chi connectivity index (χ3n) is 4.24. The van der Waals surface area contributed by atoms with Crippen LogP contribution in [0.25, 0.3) is 11.3 Å². The second-order valence-electron chi connectivity index (χ2n) is 6.25. The van der Waals surface area contributed by atoms with Gasteiger partial charge in [-0.15, -0.1) is 0 Å². The van der Waals surface area contributed by atoms with Gasteiger partial charge in [-0.3, -0.25) is 10.1 Å². The van der Waals surface area contributed by atoms with E-state index in [1.807, 2.05) is 32.0 Å². The Morgan fingerprint density at radius 3 is 2.32 bits per heavy atom. The number of carboxylic acid groups (broad SMARTS) is 1. The first-order chi connectivity index (χ1) is 13.3. The number of furan rings is 1. The molecule has 1 aromatic heterocycles. The van der Waals surface area contributed by atoms with E-state index < -0.39 is 11.9 Å². The van der Waals surface area contributed by atoms with Crippen LogP contribution in [-0.4, -0.2) is 22.1 Å². The fourth-order valence-corrected chi connectivity index (χ4v) is 2.74. The van der Waals surface area contributed by atoms with Gasteiger partial charge < -0.3 is 14.8 Å². The number of anilines is 1. The summed E-state index contributed by atoms with van der Waals surface area (Å²) in [5, 5.41) is 14.3. The highest BCUT2D eigenvalue weighted by Gasteiger charge is 2.14. The van der Waals surface area contributed by atoms with E-state index in [1.165, 1.54) is 17.7 Å². The van der Waals surface area contributed by atoms with Crippen molar-refractivity contribution >= 4 is 34.9 Å². The standard InChI is InChI=1S/C21H18N2O4S/c1-12-3-4-15(11-13(12)2)17-9-10-18(27-17)19(24)23-21(28)22-16-7-5-14(6-8-16)20(25)26/h3-11H,1-2H3,(H,25,26)(H2,22,23,24,28). The lowest BCUT2D eigenvalue weighted by atomic mass is 10.1. The molecule has 6 nitrogen and oxygen atoms in total. The molecular weight excluding hydrogens is 376 g/mol. The zero-order valence-corrected chi connectivity index (χ0v) is 16.1. The molecule has 0 atom stereocenters. The predicted octanol–water partition coefficient (Wildman–Crippen LogP) is 4.39. The van der Waals surface area contributed by atoms with Crippen LogP contribution in [0.5, 0.6) is 0 Å². The molecule has 0 aliphatic carbocycles. The average Bonchev–Trinajstić information content (AvgIpc) is 3.14. The molecule has 0 unspecified atom stereocenters. The summed E-state index contributed by atoms with van der Waals surface area (Å²) in [6.07, 6.45) is 0. The summed E-state index contributed by atoms with van der Waals surface area (Å²) in [4.78, 5) is 23.2. The molecule has 2 aromatic carbocycles. The van der Waals surface area contributed by atoms with Crippen LogP contribution in [0, 0.1) is 13.8 Å². The third-order valence-corrected chi connectivity index (χ3v) is 4.44. The van der Waals surface area contributed by atoms with Crippen molar-refractivity contribution in [3.63, 3.8) is 0 Å². The van der Waals surface area contributed by atoms with Crippen molar-refractivity contribution in [2.45, 2.75) is 13.8 Å². The number of hydrogen-bond donors (Lipinski definition) is 3. The second kappa shape index (κ2) is 8.06. The Hall–Kier alpha value is -3.45. The van der Waals surface area contributed by atoms with Crippen LogP contribution in [0.3, 0.4) is 0 Å². The molecule has 0 fully saturated rings. The fraction of sp³-hybridized carbons (Fsp3) is 0.0952. The van der Waals surface area contributed by atoms with E-state index in [4.69, 9.17) is 21.7 Å². The third kappa shape index (κ3) is 4.44. The van der Waals surface area contributed by atoms with Gasteiger partial charge >= 0.3 is 5.97 Å². The lowest BCUT2D eigenvalue weighted by Crippen LogP contribution is -2.33. The number of amides is 1. The smallest absolute Gasteiger partial charge is 0.335 e. The summed E-state index contributed by atoms with van der Waals surface area (Å²) in [6.45, 7) is 4.05. The minimum absolute atomic E-state index is 0.0807. The Kier molecular flexibility index (Phi) is 5.56. The molecule has 7 heteroatoms. The molecule has 0 aliphatic rings. The fourth-order valence-electron chi connectivity index (χ4n) is 2.53. The number of carboxylic acids is 1. The van der Waals surface area contributed by atoms with E-state index in [0.717, 1.165) is 11.1 Å². The molecule has 28 heavy (non-hydrogen) atoms. The van der Waals surface area contributed by atoms with Crippen molar-refractivity contribution in [1.29, 1.82) is 0 Å². The van der Waals surface area contributed by atoms with Crippen molar-refractivity contribution < 1.29 is 19.1 Å². The molecular formula is C21H18N2O4S. The Bertz CT molecular complexity index is 1050. The minimum atomic E-state index is -1.01. The molecule has 0 bridgehead atoms. The van der Waals surface area contributed by atoms with Gasteiger partial charge in [0.2, 0.25) is 0 Å². The molecule has 0 aliphatic heterocycles. The maximum atomic E-state index is 12.3. The zero-order valence-electron chi connectivity index (χ0n) is 15.3. The first-order valence-corrected chi connectivity index (χ1v) is 8.87. The highest BCUT2D eigenvalue weighted by molar-refractivity contribution is 7.80. The summed E-state index contributed by atoms with van der Waals surface area (Å²) in [6, 6.07) is 15.3. The summed E-state index contributed by atoms with van der Waals surface area (Å²) in [5.41, 5.74) is 3.93. The van der Waals surface area contributed by atoms with E-state index in [-0.39, 0.29) is 16.4 Å². The monoisotopic (exact) mass is 394 g/mol. The van der Waals surface area contributed by atoms with Gasteiger partial charge in [0.1, 0.15) is 5.76 Å². The van der Waals surface area contributed by atoms with E-state index in [0.29, 0.717) is 11.4 Å². The summed E-state index contributed by atoms with van der Waals surface area (Å²) in [5.74, 6) is -0.760. The zero-order chi connectivity index (χ0) is 20.3. The normalized spacial score (nSPS) is 10.4. The van der Waals surface area contributed by atoms with Gasteiger partial charge in [0.15, 0.2) is 10.9 Å². The molecule has 3 rings (SSSR count). The van der Waals surface area contributed by atoms with Crippen LogP contribution < -0.4 is 10.6 Å². The van der Waals surface area contributed by atoms with Gasteiger partial charge in [0.05, 0.1) is 5.56 Å². The van der Waals surface area contributed by atoms with E-state index in [2.05, 4.69) is 10.6 Å². The molecule has 1 heterocycles. The molecule has 0 spiro atoms. The molecule has 0 saturated heterocycles. The topological polar surface area (TPSA) is 91.6 Å². The average molecular weight is 394 g/mol. The number of carbonyl (C=O) groups excluding carboxylic acids is 1. The summed E-state index contributed by atoms with van der Waals surface area (Å²) < 4.78 is 5.65. The lowest BCUT2D eigenvalue weighted by molar-refractivity contribution is 0.0696. The van der Waals surface area contributed by atoms with Crippen molar-refractivity contribution in [2.24, 2.45) is 0 Å². The van der Waals surface area contributed by atoms with Gasteiger partial charge in [-0.25, -0.2) is 4.79 Å². The highest BCUT2D eigenvalue weighted by atomic mass is 32.1. The van der Waals surface area contributed by atoms with Crippen LogP contribution in [0.15, 0.2) is 59.0 Å². The number of nitrogens with one attached hydrogen (secondary N) is 2. The Morgan fingerprint density at radius 2 is 1.68 bits per heavy atom. The summed E-state index contributed by atoms with van der Waals surface area (Å²) >= 11 is 5.13. The first-order valence-electron chi connectivity index (χ1n) is 8.46. The molecule has 3 aromatic rings. The summed E-state index contributed by atoms with van der Waals surface area (Å²) in [7, 11) is 0. The van der Waals surface area contributed by atoms with Crippen molar-refractivity contribution in [2.75, 3.05) is 5.32 Å². The number of thiocarbonyl (C=S) groups is 1. The number of benzene rings is 2. The second-order valence-corrected chi connectivity index (χ2v) is 6.66. The van der Waals surface area contributed by atoms with Crippen molar-refractivity contribution in [3.05, 3.63) is 77.0 Å². The lowest BCUT2D eigenvalue weighted by Gasteiger charge is -2.08. The van der Waals surface area contributed by atoms with Crippen LogP contribution >= 0.6 is 12.2 Å². The minimum Gasteiger partial charge on any atom is -0.478 e. The predicted molar refractivity (Wildman–Crippen MR) is 111 cm³/mol. The number of hydrogen-bond acceptors (Lipinski definition) is 4. The van der Waals surface area contributed by atoms with Gasteiger partial charge in [-0.05, 0) is 79.7 Å². The quantitative estimate of drug-likeness (QED) is 0.569.